The zero-order chi connectivity index (χ0) is 13.8. The molecule has 1 N–H and O–H groups in total. The number of piperazine rings is 1. The molecule has 0 spiro atoms. The van der Waals surface area contributed by atoms with E-state index in [0.717, 1.165) is 26.1 Å². The molecule has 2 atom stereocenters. The Morgan fingerprint density at radius 2 is 1.95 bits per heavy atom. The second-order valence-corrected chi connectivity index (χ2v) is 5.90. The van der Waals surface area contributed by atoms with Gasteiger partial charge >= 0.3 is 0 Å². The van der Waals surface area contributed by atoms with Crippen LogP contribution in [0.5, 0.6) is 0 Å². The van der Waals surface area contributed by atoms with Crippen molar-refractivity contribution in [2.75, 3.05) is 38.6 Å². The summed E-state index contributed by atoms with van der Waals surface area (Å²) in [4.78, 5) is 4.83. The number of benzene rings is 1. The van der Waals surface area contributed by atoms with Gasteiger partial charge in [-0.05, 0) is 45.1 Å². The number of likely N-dealkylation sites (N-methyl/N-ethyl adjacent to an activating group) is 1. The van der Waals surface area contributed by atoms with Gasteiger partial charge < -0.3 is 15.1 Å². The molecule has 1 aliphatic heterocycles. The third-order valence-corrected chi connectivity index (χ3v) is 3.87. The topological polar surface area (TPSA) is 18.5 Å². The lowest BCUT2D eigenvalue weighted by molar-refractivity contribution is 0.317. The van der Waals surface area contributed by atoms with E-state index in [1.807, 2.05) is 0 Å². The highest BCUT2D eigenvalue weighted by Gasteiger charge is 2.26. The van der Waals surface area contributed by atoms with E-state index < -0.39 is 0 Å². The molecular weight excluding hydrogens is 234 g/mol. The molecule has 1 saturated heterocycles. The fraction of sp³-hybridized carbons (Fsp3) is 0.625. The summed E-state index contributed by atoms with van der Waals surface area (Å²) in [6.45, 7) is 7.71. The van der Waals surface area contributed by atoms with E-state index in [0.29, 0.717) is 12.1 Å². The van der Waals surface area contributed by atoms with Gasteiger partial charge in [-0.15, -0.1) is 0 Å². The minimum absolute atomic E-state index is 0.554. The van der Waals surface area contributed by atoms with Gasteiger partial charge in [0.15, 0.2) is 0 Å². The highest BCUT2D eigenvalue weighted by Crippen LogP contribution is 2.21. The molecule has 0 amide bonds. The lowest BCUT2D eigenvalue weighted by Gasteiger charge is -2.42. The zero-order valence-corrected chi connectivity index (χ0v) is 12.7. The first kappa shape index (κ1) is 14.4. The molecule has 1 aromatic carbocycles. The first-order valence-electron chi connectivity index (χ1n) is 7.34. The van der Waals surface area contributed by atoms with Gasteiger partial charge in [0.25, 0.3) is 0 Å². The molecule has 106 valence electrons. The predicted molar refractivity (Wildman–Crippen MR) is 83.0 cm³/mol. The smallest absolute Gasteiger partial charge is 0.0542 e. The Bertz CT molecular complexity index is 385. The molecule has 1 fully saturated rings. The van der Waals surface area contributed by atoms with E-state index in [-0.39, 0.29) is 0 Å². The number of nitrogens with zero attached hydrogens (tertiary/aromatic N) is 2. The van der Waals surface area contributed by atoms with Crippen molar-refractivity contribution in [3.8, 4) is 0 Å². The number of rotatable bonds is 4. The summed E-state index contributed by atoms with van der Waals surface area (Å²) >= 11 is 0. The third-order valence-electron chi connectivity index (χ3n) is 3.87. The highest BCUT2D eigenvalue weighted by atomic mass is 15.3. The molecule has 2 unspecified atom stereocenters. The second kappa shape index (κ2) is 6.40. The first-order valence-corrected chi connectivity index (χ1v) is 7.34. The van der Waals surface area contributed by atoms with Crippen molar-refractivity contribution in [2.24, 2.45) is 0 Å². The van der Waals surface area contributed by atoms with Crippen molar-refractivity contribution in [3.05, 3.63) is 29.8 Å². The maximum Gasteiger partial charge on any atom is 0.0542 e. The standard InChI is InChI=1S/C16H27N3/c1-5-14-6-8-15(9-7-14)19-11-13(2)17-10-16(19)12-18(3)4/h6-9,13,16-17H,5,10-12H2,1-4H3. The number of nitrogens with one attached hydrogen (secondary N) is 1. The van der Waals surface area contributed by atoms with Gasteiger partial charge in [-0.25, -0.2) is 0 Å². The minimum atomic E-state index is 0.554. The first-order chi connectivity index (χ1) is 9.10. The summed E-state index contributed by atoms with van der Waals surface area (Å²) in [6, 6.07) is 10.2. The van der Waals surface area contributed by atoms with Gasteiger partial charge in [0.1, 0.15) is 0 Å². The van der Waals surface area contributed by atoms with Crippen LogP contribution < -0.4 is 10.2 Å². The highest BCUT2D eigenvalue weighted by molar-refractivity contribution is 5.49. The van der Waals surface area contributed by atoms with Crippen molar-refractivity contribution in [1.29, 1.82) is 0 Å². The summed E-state index contributed by atoms with van der Waals surface area (Å²) in [6.07, 6.45) is 1.11. The van der Waals surface area contributed by atoms with E-state index >= 15 is 0 Å². The van der Waals surface area contributed by atoms with Gasteiger partial charge in [-0.1, -0.05) is 19.1 Å². The fourth-order valence-electron chi connectivity index (χ4n) is 2.78. The SMILES string of the molecule is CCc1ccc(N2CC(C)NCC2CN(C)C)cc1. The third kappa shape index (κ3) is 3.71. The van der Waals surface area contributed by atoms with Crippen LogP contribution in [0.4, 0.5) is 5.69 Å². The molecular formula is C16H27N3. The zero-order valence-electron chi connectivity index (χ0n) is 12.7. The van der Waals surface area contributed by atoms with Crippen LogP contribution >= 0.6 is 0 Å². The lowest BCUT2D eigenvalue weighted by Crippen LogP contribution is -2.58. The van der Waals surface area contributed by atoms with Crippen LogP contribution in [0.15, 0.2) is 24.3 Å². The van der Waals surface area contributed by atoms with Gasteiger partial charge in [0.2, 0.25) is 0 Å². The normalized spacial score (nSPS) is 23.9. The van der Waals surface area contributed by atoms with Crippen LogP contribution in [0, 0.1) is 0 Å². The van der Waals surface area contributed by atoms with E-state index in [1.165, 1.54) is 11.3 Å². The Labute approximate surface area is 117 Å². The molecule has 0 saturated carbocycles. The van der Waals surface area contributed by atoms with Gasteiger partial charge in [-0.2, -0.15) is 0 Å². The van der Waals surface area contributed by atoms with Crippen molar-refractivity contribution in [2.45, 2.75) is 32.4 Å². The quantitative estimate of drug-likeness (QED) is 0.894. The Kier molecular flexibility index (Phi) is 4.83. The Balaban J connectivity index is 2.15. The summed E-state index contributed by atoms with van der Waals surface area (Å²) in [5.74, 6) is 0. The van der Waals surface area contributed by atoms with Crippen LogP contribution in [0.3, 0.4) is 0 Å². The van der Waals surface area contributed by atoms with Gasteiger partial charge in [-0.3, -0.25) is 0 Å². The largest absolute Gasteiger partial charge is 0.364 e. The molecule has 1 aliphatic rings. The molecule has 3 nitrogen and oxygen atoms in total. The summed E-state index contributed by atoms with van der Waals surface area (Å²) < 4.78 is 0. The number of aryl methyl sites for hydroxylation is 1. The van der Waals surface area contributed by atoms with Gasteiger partial charge in [0.05, 0.1) is 6.04 Å². The molecule has 19 heavy (non-hydrogen) atoms. The lowest BCUT2D eigenvalue weighted by atomic mass is 10.1. The average Bonchev–Trinajstić information content (AvgIpc) is 2.40. The minimum Gasteiger partial charge on any atom is -0.364 e. The van der Waals surface area contributed by atoms with Crippen LogP contribution in [0.25, 0.3) is 0 Å². The molecule has 0 aliphatic carbocycles. The average molecular weight is 261 g/mol. The maximum atomic E-state index is 3.59. The monoisotopic (exact) mass is 261 g/mol. The molecule has 0 radical (unpaired) electrons. The van der Waals surface area contributed by atoms with Crippen LogP contribution in [0.1, 0.15) is 19.4 Å². The van der Waals surface area contributed by atoms with Crippen molar-refractivity contribution >= 4 is 5.69 Å². The fourth-order valence-corrected chi connectivity index (χ4v) is 2.78. The van der Waals surface area contributed by atoms with Crippen LogP contribution in [-0.4, -0.2) is 50.7 Å². The number of anilines is 1. The Morgan fingerprint density at radius 1 is 1.26 bits per heavy atom. The molecule has 0 bridgehead atoms. The van der Waals surface area contributed by atoms with E-state index in [9.17, 15) is 0 Å². The number of hydrogen-bond donors (Lipinski definition) is 1. The van der Waals surface area contributed by atoms with Crippen LogP contribution in [0.2, 0.25) is 0 Å². The van der Waals surface area contributed by atoms with E-state index in [1.54, 1.807) is 0 Å². The molecule has 0 aromatic heterocycles. The van der Waals surface area contributed by atoms with E-state index in [2.05, 4.69) is 67.3 Å². The Morgan fingerprint density at radius 3 is 2.53 bits per heavy atom. The van der Waals surface area contributed by atoms with Crippen LogP contribution in [-0.2, 0) is 6.42 Å². The summed E-state index contributed by atoms with van der Waals surface area (Å²) in [5, 5.41) is 3.59. The van der Waals surface area contributed by atoms with Crippen molar-refractivity contribution in [1.82, 2.24) is 10.2 Å². The summed E-state index contributed by atoms with van der Waals surface area (Å²) in [5.41, 5.74) is 2.77. The maximum absolute atomic E-state index is 3.59. The van der Waals surface area contributed by atoms with E-state index in [4.69, 9.17) is 0 Å². The van der Waals surface area contributed by atoms with Crippen molar-refractivity contribution in [3.63, 3.8) is 0 Å². The predicted octanol–water partition coefficient (Wildman–Crippen LogP) is 1.98. The second-order valence-electron chi connectivity index (χ2n) is 5.90. The molecule has 3 heteroatoms. The molecule has 1 aromatic rings. The summed E-state index contributed by atoms with van der Waals surface area (Å²) in [7, 11) is 4.30. The molecule has 1 heterocycles. The molecule has 2 rings (SSSR count). The Hall–Kier alpha value is -1.06. The number of hydrogen-bond acceptors (Lipinski definition) is 3. The van der Waals surface area contributed by atoms with Gasteiger partial charge in [0, 0.05) is 31.4 Å². The van der Waals surface area contributed by atoms with Crippen molar-refractivity contribution < 1.29 is 0 Å².